The lowest BCUT2D eigenvalue weighted by Gasteiger charge is -2.41. The van der Waals surface area contributed by atoms with Crippen LogP contribution in [0, 0.1) is 5.82 Å². The van der Waals surface area contributed by atoms with Crippen molar-refractivity contribution in [3.05, 3.63) is 58.2 Å². The number of nitrogens with zero attached hydrogens (tertiary/aromatic N) is 3. The van der Waals surface area contributed by atoms with Gasteiger partial charge in [-0.3, -0.25) is 14.2 Å². The highest BCUT2D eigenvalue weighted by atomic mass is 19.3. The van der Waals surface area contributed by atoms with Gasteiger partial charge in [-0.05, 0) is 45.7 Å². The second kappa shape index (κ2) is 7.59. The summed E-state index contributed by atoms with van der Waals surface area (Å²) in [6.45, 7) is 2.80. The number of halogens is 3. The maximum absolute atomic E-state index is 15.5. The van der Waals surface area contributed by atoms with Gasteiger partial charge in [-0.2, -0.15) is 13.2 Å². The second-order valence-corrected chi connectivity index (χ2v) is 9.45. The minimum absolute atomic E-state index is 0.0262. The molecule has 0 atom stereocenters. The number of carbonyl (C=O) groups is 1. The van der Waals surface area contributed by atoms with Crippen LogP contribution in [0.15, 0.2) is 35.5 Å². The number of hydrogen-bond donors (Lipinski definition) is 1. The summed E-state index contributed by atoms with van der Waals surface area (Å²) in [5.41, 5.74) is -1.48. The van der Waals surface area contributed by atoms with Crippen LogP contribution in [0.4, 0.5) is 18.9 Å². The average Bonchev–Trinajstić information content (AvgIpc) is 3.41. The monoisotopic (exact) mass is 476 g/mol. The fourth-order valence-corrected chi connectivity index (χ4v) is 4.94. The Hall–Kier alpha value is -3.34. The van der Waals surface area contributed by atoms with Gasteiger partial charge in [0.15, 0.2) is 11.4 Å². The topological polar surface area (TPSA) is 86.9 Å². The summed E-state index contributed by atoms with van der Waals surface area (Å²) >= 11 is 0. The van der Waals surface area contributed by atoms with Crippen LogP contribution in [-0.2, 0) is 10.2 Å². The van der Waals surface area contributed by atoms with E-state index < -0.39 is 35.5 Å². The maximum atomic E-state index is 15.5. The summed E-state index contributed by atoms with van der Waals surface area (Å²) in [5, 5.41) is 2.44. The lowest BCUT2D eigenvalue weighted by molar-refractivity contribution is 0.0154. The Kier molecular flexibility index (Phi) is 5.01. The Labute approximate surface area is 192 Å². The van der Waals surface area contributed by atoms with Crippen molar-refractivity contribution in [2.24, 2.45) is 0 Å². The first kappa shape index (κ1) is 22.5. The fourth-order valence-electron chi connectivity index (χ4n) is 4.94. The average molecular weight is 476 g/mol. The van der Waals surface area contributed by atoms with Crippen LogP contribution in [0.3, 0.4) is 0 Å². The minimum atomic E-state index is -3.11. The summed E-state index contributed by atoms with van der Waals surface area (Å²) in [5.74, 6) is -2.00. The third-order valence-electron chi connectivity index (χ3n) is 6.34. The summed E-state index contributed by atoms with van der Waals surface area (Å²) in [4.78, 5) is 29.6. The number of alkyl halides is 2. The van der Waals surface area contributed by atoms with E-state index in [9.17, 15) is 18.4 Å². The molecule has 6 rings (SSSR count). The van der Waals surface area contributed by atoms with Crippen LogP contribution < -0.4 is 15.6 Å². The molecular formula is C23H23F3N4O4. The summed E-state index contributed by atoms with van der Waals surface area (Å²) in [6, 6.07) is 2.28. The zero-order chi connectivity index (χ0) is 24.4. The molecule has 2 aliphatic heterocycles. The molecule has 11 heteroatoms. The first-order valence-electron chi connectivity index (χ1n) is 10.8. The number of amides is 1. The van der Waals surface area contributed by atoms with Crippen LogP contribution in [0.2, 0.25) is 0 Å². The highest BCUT2D eigenvalue weighted by Gasteiger charge is 2.61. The van der Waals surface area contributed by atoms with E-state index in [-0.39, 0.29) is 32.7 Å². The first-order chi connectivity index (χ1) is 16.0. The van der Waals surface area contributed by atoms with Gasteiger partial charge in [0.05, 0.1) is 24.0 Å². The lowest BCUT2D eigenvalue weighted by atomic mass is 9.62. The predicted molar refractivity (Wildman–Crippen MR) is 116 cm³/mol. The standard InChI is InChI=1S/C23H23F3N4O4/c1-12(2)34-17-14(27-19(31)13-5-4-6-30(20(13)32)21(25)26)7-29-8-15(28-18(29)16(17)24)23-9-22(3,10-23)33-11-23/h4-8,12,21H,9-11H2,1-3H3,(H,27,31). The Bertz CT molecular complexity index is 1360. The van der Waals surface area contributed by atoms with Crippen molar-refractivity contribution in [3.63, 3.8) is 0 Å². The van der Waals surface area contributed by atoms with E-state index in [2.05, 4.69) is 10.3 Å². The molecule has 1 aliphatic carbocycles. The third kappa shape index (κ3) is 3.46. The number of aromatic nitrogens is 3. The SMILES string of the molecule is CC(C)Oc1c(NC(=O)c2cccn(C(F)F)c2=O)cn2cc(C34COC(C)(C3)C4)nc2c1F. The van der Waals surface area contributed by atoms with Gasteiger partial charge in [-0.15, -0.1) is 0 Å². The Morgan fingerprint density at radius 1 is 1.29 bits per heavy atom. The van der Waals surface area contributed by atoms with Crippen LogP contribution in [0.1, 0.15) is 56.2 Å². The highest BCUT2D eigenvalue weighted by Crippen LogP contribution is 2.58. The van der Waals surface area contributed by atoms with E-state index in [1.807, 2.05) is 6.92 Å². The summed E-state index contributed by atoms with van der Waals surface area (Å²) < 4.78 is 54.7. The lowest BCUT2D eigenvalue weighted by Crippen LogP contribution is -2.45. The molecule has 3 fully saturated rings. The molecule has 0 aromatic carbocycles. The molecule has 1 saturated carbocycles. The fraction of sp³-hybridized carbons (Fsp3) is 0.435. The molecule has 0 spiro atoms. The normalized spacial score (nSPS) is 23.5. The number of nitrogens with one attached hydrogen (secondary N) is 1. The number of pyridine rings is 2. The van der Waals surface area contributed by atoms with Crippen molar-refractivity contribution in [3.8, 4) is 5.75 Å². The van der Waals surface area contributed by atoms with Crippen LogP contribution in [0.5, 0.6) is 5.75 Å². The maximum Gasteiger partial charge on any atom is 0.321 e. The van der Waals surface area contributed by atoms with Crippen LogP contribution in [0.25, 0.3) is 5.65 Å². The number of ether oxygens (including phenoxy) is 2. The number of imidazole rings is 1. The van der Waals surface area contributed by atoms with Crippen molar-refractivity contribution in [1.82, 2.24) is 14.0 Å². The Balaban J connectivity index is 1.55. The number of hydrogen-bond acceptors (Lipinski definition) is 5. The molecule has 34 heavy (non-hydrogen) atoms. The molecule has 5 heterocycles. The number of fused-ring (bicyclic) bond motifs is 2. The van der Waals surface area contributed by atoms with E-state index in [0.717, 1.165) is 31.2 Å². The van der Waals surface area contributed by atoms with E-state index in [0.29, 0.717) is 12.3 Å². The molecule has 180 valence electrons. The quantitative estimate of drug-likeness (QED) is 0.583. The molecule has 2 bridgehead atoms. The van der Waals surface area contributed by atoms with E-state index in [1.165, 1.54) is 10.6 Å². The number of anilines is 1. The molecule has 0 unspecified atom stereocenters. The third-order valence-corrected chi connectivity index (χ3v) is 6.34. The molecule has 8 nitrogen and oxygen atoms in total. The van der Waals surface area contributed by atoms with Gasteiger partial charge < -0.3 is 19.2 Å². The smallest absolute Gasteiger partial charge is 0.321 e. The van der Waals surface area contributed by atoms with Gasteiger partial charge in [0, 0.05) is 24.0 Å². The number of rotatable bonds is 6. The van der Waals surface area contributed by atoms with Crippen LogP contribution in [-0.4, -0.2) is 38.2 Å². The van der Waals surface area contributed by atoms with E-state index in [1.54, 1.807) is 20.0 Å². The second-order valence-electron chi connectivity index (χ2n) is 9.45. The molecule has 3 aliphatic rings. The minimum Gasteiger partial charge on any atom is -0.486 e. The Morgan fingerprint density at radius 2 is 2.03 bits per heavy atom. The van der Waals surface area contributed by atoms with Gasteiger partial charge in [-0.25, -0.2) is 4.98 Å². The van der Waals surface area contributed by atoms with E-state index in [4.69, 9.17) is 9.47 Å². The van der Waals surface area contributed by atoms with Crippen LogP contribution >= 0.6 is 0 Å². The Morgan fingerprint density at radius 3 is 2.65 bits per heavy atom. The number of carbonyl (C=O) groups excluding carboxylic acids is 1. The zero-order valence-corrected chi connectivity index (χ0v) is 18.8. The molecule has 1 amide bonds. The van der Waals surface area contributed by atoms with Crippen molar-refractivity contribution in [1.29, 1.82) is 0 Å². The highest BCUT2D eigenvalue weighted by molar-refractivity contribution is 6.04. The molecule has 3 aromatic heterocycles. The van der Waals surface area contributed by atoms with Gasteiger partial charge in [0.1, 0.15) is 11.3 Å². The van der Waals surface area contributed by atoms with E-state index >= 15 is 4.39 Å². The molecular weight excluding hydrogens is 453 g/mol. The molecule has 3 aromatic rings. The van der Waals surface area contributed by atoms with Gasteiger partial charge >= 0.3 is 6.55 Å². The van der Waals surface area contributed by atoms with Gasteiger partial charge in [0.25, 0.3) is 11.5 Å². The largest absolute Gasteiger partial charge is 0.486 e. The molecule has 0 radical (unpaired) electrons. The van der Waals surface area contributed by atoms with Crippen molar-refractivity contribution in [2.45, 2.75) is 57.3 Å². The molecule has 1 N–H and O–H groups in total. The van der Waals surface area contributed by atoms with Crippen molar-refractivity contribution < 1.29 is 27.4 Å². The van der Waals surface area contributed by atoms with Gasteiger partial charge in [0.2, 0.25) is 5.82 Å². The summed E-state index contributed by atoms with van der Waals surface area (Å²) in [6.07, 6.45) is 5.14. The van der Waals surface area contributed by atoms with Gasteiger partial charge in [-0.1, -0.05) is 0 Å². The van der Waals surface area contributed by atoms with Crippen molar-refractivity contribution in [2.75, 3.05) is 11.9 Å². The molecule has 2 saturated heterocycles. The van der Waals surface area contributed by atoms with Crippen molar-refractivity contribution >= 4 is 17.2 Å². The zero-order valence-electron chi connectivity index (χ0n) is 18.8. The summed E-state index contributed by atoms with van der Waals surface area (Å²) in [7, 11) is 0. The first-order valence-corrected chi connectivity index (χ1v) is 10.8. The predicted octanol–water partition coefficient (Wildman–Crippen LogP) is 3.89.